The van der Waals surface area contributed by atoms with Gasteiger partial charge in [0.2, 0.25) is 0 Å². The maximum atomic E-state index is 3.55. The molecule has 0 aliphatic heterocycles. The van der Waals surface area contributed by atoms with Crippen molar-refractivity contribution < 1.29 is 0 Å². The Morgan fingerprint density at radius 1 is 0.889 bits per heavy atom. The van der Waals surface area contributed by atoms with E-state index in [1.165, 1.54) is 39.9 Å². The molecule has 0 spiro atoms. The van der Waals surface area contributed by atoms with Gasteiger partial charge >= 0.3 is 0 Å². The highest BCUT2D eigenvalue weighted by atomic mass is 14.0. The fraction of sp³-hybridized carbons (Fsp3) is 0.222. The van der Waals surface area contributed by atoms with Crippen molar-refractivity contribution in [2.75, 3.05) is 0 Å². The number of rotatable bonds is 3. The van der Waals surface area contributed by atoms with Crippen LogP contribution in [0.15, 0.2) is 48.5 Å². The Morgan fingerprint density at radius 3 is 2.44 bits per heavy atom. The summed E-state index contributed by atoms with van der Waals surface area (Å²) < 4.78 is 0. The summed E-state index contributed by atoms with van der Waals surface area (Å²) in [4.78, 5) is 0. The van der Waals surface area contributed by atoms with Gasteiger partial charge in [0.15, 0.2) is 0 Å². The highest BCUT2D eigenvalue weighted by Gasteiger charge is 2.00. The van der Waals surface area contributed by atoms with E-state index in [2.05, 4.69) is 61.5 Å². The van der Waals surface area contributed by atoms with E-state index in [0.29, 0.717) is 0 Å². The maximum absolute atomic E-state index is 3.55. The summed E-state index contributed by atoms with van der Waals surface area (Å²) in [6.45, 7) is 2.23. The van der Waals surface area contributed by atoms with Gasteiger partial charge in [-0.05, 0) is 58.1 Å². The van der Waals surface area contributed by atoms with Crippen LogP contribution in [0, 0.1) is 6.07 Å². The van der Waals surface area contributed by atoms with Gasteiger partial charge in [0.1, 0.15) is 0 Å². The summed E-state index contributed by atoms with van der Waals surface area (Å²) >= 11 is 0. The molecule has 0 heteroatoms. The topological polar surface area (TPSA) is 0 Å². The van der Waals surface area contributed by atoms with Gasteiger partial charge in [-0.15, -0.1) is 0 Å². The number of benzene rings is 3. The van der Waals surface area contributed by atoms with Crippen LogP contribution in [0.25, 0.3) is 21.5 Å². The lowest BCUT2D eigenvalue weighted by molar-refractivity contribution is 0.795. The molecule has 0 nitrogen and oxygen atoms in total. The minimum absolute atomic E-state index is 1.14. The zero-order valence-electron chi connectivity index (χ0n) is 10.7. The molecule has 1 radical (unpaired) electrons. The first-order valence-electron chi connectivity index (χ1n) is 6.70. The van der Waals surface area contributed by atoms with Crippen molar-refractivity contribution in [2.24, 2.45) is 0 Å². The van der Waals surface area contributed by atoms with Gasteiger partial charge in [-0.2, -0.15) is 0 Å². The first-order valence-corrected chi connectivity index (χ1v) is 6.70. The van der Waals surface area contributed by atoms with E-state index in [9.17, 15) is 0 Å². The number of unbranched alkanes of at least 4 members (excludes halogenated alkanes) is 1. The lowest BCUT2D eigenvalue weighted by Gasteiger charge is -2.05. The third-order valence-electron chi connectivity index (χ3n) is 3.48. The Bertz CT molecular complexity index is 680. The molecule has 0 aromatic heterocycles. The maximum Gasteiger partial charge on any atom is -0.00641 e. The fourth-order valence-corrected chi connectivity index (χ4v) is 2.42. The molecule has 0 bridgehead atoms. The standard InChI is InChI=1S/C18H17/c1-2-3-6-14-9-10-17-12-15-7-4-5-8-16(15)13-18(17)11-14/h4-5,7-10,12-13H,2-3,6H2,1H3. The highest BCUT2D eigenvalue weighted by Crippen LogP contribution is 2.23. The zero-order valence-corrected chi connectivity index (χ0v) is 10.7. The summed E-state index contributed by atoms with van der Waals surface area (Å²) in [5.41, 5.74) is 1.33. The van der Waals surface area contributed by atoms with Gasteiger partial charge < -0.3 is 0 Å². The molecule has 3 rings (SSSR count). The predicted octanol–water partition coefficient (Wildman–Crippen LogP) is 5.14. The first kappa shape index (κ1) is 11.3. The van der Waals surface area contributed by atoms with Crippen LogP contribution in [0.5, 0.6) is 0 Å². The average Bonchev–Trinajstić information content (AvgIpc) is 2.42. The third kappa shape index (κ3) is 2.11. The molecule has 0 atom stereocenters. The molecule has 0 saturated heterocycles. The first-order chi connectivity index (χ1) is 8.86. The summed E-state index contributed by atoms with van der Waals surface area (Å²) in [5.74, 6) is 0. The summed E-state index contributed by atoms with van der Waals surface area (Å²) in [7, 11) is 0. The molecule has 3 aromatic carbocycles. The second-order valence-corrected chi connectivity index (χ2v) is 4.87. The van der Waals surface area contributed by atoms with Crippen molar-refractivity contribution in [2.45, 2.75) is 26.2 Å². The van der Waals surface area contributed by atoms with Crippen LogP contribution in [-0.4, -0.2) is 0 Å². The average molecular weight is 233 g/mol. The summed E-state index contributed by atoms with van der Waals surface area (Å²) in [5, 5.41) is 5.13. The van der Waals surface area contributed by atoms with Crippen LogP contribution < -0.4 is 0 Å². The van der Waals surface area contributed by atoms with Gasteiger partial charge in [-0.3, -0.25) is 0 Å². The Labute approximate surface area is 108 Å². The van der Waals surface area contributed by atoms with Crippen molar-refractivity contribution >= 4 is 21.5 Å². The predicted molar refractivity (Wildman–Crippen MR) is 78.9 cm³/mol. The largest absolute Gasteiger partial charge is 0.0654 e. The van der Waals surface area contributed by atoms with E-state index in [1.807, 2.05) is 0 Å². The third-order valence-corrected chi connectivity index (χ3v) is 3.48. The van der Waals surface area contributed by atoms with E-state index >= 15 is 0 Å². The molecule has 0 heterocycles. The quantitative estimate of drug-likeness (QED) is 0.550. The molecule has 3 aromatic rings. The van der Waals surface area contributed by atoms with Crippen molar-refractivity contribution in [3.8, 4) is 0 Å². The van der Waals surface area contributed by atoms with Crippen molar-refractivity contribution in [1.82, 2.24) is 0 Å². The molecule has 0 aliphatic rings. The van der Waals surface area contributed by atoms with Crippen LogP contribution in [-0.2, 0) is 6.42 Å². The second kappa shape index (κ2) is 4.81. The van der Waals surface area contributed by atoms with Crippen molar-refractivity contribution in [3.05, 3.63) is 60.2 Å². The molecule has 0 unspecified atom stereocenters. The fourth-order valence-electron chi connectivity index (χ4n) is 2.42. The number of hydrogen-bond donors (Lipinski definition) is 0. The van der Waals surface area contributed by atoms with Gasteiger partial charge in [-0.25, -0.2) is 0 Å². The minimum atomic E-state index is 1.14. The number of hydrogen-bond acceptors (Lipinski definition) is 0. The number of aryl methyl sites for hydroxylation is 1. The van der Waals surface area contributed by atoms with Gasteiger partial charge in [0, 0.05) is 0 Å². The van der Waals surface area contributed by atoms with Crippen molar-refractivity contribution in [3.63, 3.8) is 0 Å². The van der Waals surface area contributed by atoms with E-state index in [4.69, 9.17) is 0 Å². The van der Waals surface area contributed by atoms with Crippen LogP contribution in [0.1, 0.15) is 25.3 Å². The Balaban J connectivity index is 2.12. The van der Waals surface area contributed by atoms with E-state index in [-0.39, 0.29) is 0 Å². The minimum Gasteiger partial charge on any atom is -0.0654 e. The molecule has 0 amide bonds. The Hall–Kier alpha value is -1.82. The van der Waals surface area contributed by atoms with Crippen LogP contribution in [0.3, 0.4) is 0 Å². The normalized spacial score (nSPS) is 11.2. The highest BCUT2D eigenvalue weighted by molar-refractivity contribution is 5.98. The number of fused-ring (bicyclic) bond motifs is 2. The molecular formula is C18H17. The van der Waals surface area contributed by atoms with Crippen LogP contribution in [0.4, 0.5) is 0 Å². The lowest BCUT2D eigenvalue weighted by atomic mass is 10.00. The van der Waals surface area contributed by atoms with Gasteiger partial charge in [0.25, 0.3) is 0 Å². The SMILES string of the molecule is CCCCc1[c]c2cc3ccccc3cc2cc1. The second-order valence-electron chi connectivity index (χ2n) is 4.87. The molecule has 0 fully saturated rings. The van der Waals surface area contributed by atoms with E-state index in [1.54, 1.807) is 0 Å². The molecule has 0 saturated carbocycles. The molecular weight excluding hydrogens is 216 g/mol. The Morgan fingerprint density at radius 2 is 1.67 bits per heavy atom. The monoisotopic (exact) mass is 233 g/mol. The van der Waals surface area contributed by atoms with Gasteiger partial charge in [-0.1, -0.05) is 49.7 Å². The zero-order chi connectivity index (χ0) is 12.4. The molecule has 0 aliphatic carbocycles. The molecule has 18 heavy (non-hydrogen) atoms. The summed E-state index contributed by atoms with van der Waals surface area (Å²) in [6.07, 6.45) is 3.62. The van der Waals surface area contributed by atoms with Crippen LogP contribution in [0.2, 0.25) is 0 Å². The summed E-state index contributed by atoms with van der Waals surface area (Å²) in [6, 6.07) is 21.0. The van der Waals surface area contributed by atoms with Crippen molar-refractivity contribution in [1.29, 1.82) is 0 Å². The van der Waals surface area contributed by atoms with Crippen LogP contribution >= 0.6 is 0 Å². The smallest absolute Gasteiger partial charge is 0.00641 e. The lowest BCUT2D eigenvalue weighted by Crippen LogP contribution is -1.85. The molecule has 0 N–H and O–H groups in total. The van der Waals surface area contributed by atoms with Gasteiger partial charge in [0.05, 0.1) is 0 Å². The van der Waals surface area contributed by atoms with E-state index < -0.39 is 0 Å². The van der Waals surface area contributed by atoms with E-state index in [0.717, 1.165) is 6.42 Å². The molecule has 89 valence electrons. The Kier molecular flexibility index (Phi) is 3.02.